The molecular formula is C11H9FN2OS. The Bertz CT molecular complexity index is 481. The molecule has 2 aromatic rings. The van der Waals surface area contributed by atoms with E-state index in [9.17, 15) is 9.18 Å². The molecule has 1 aromatic carbocycles. The average Bonchev–Trinajstić information content (AvgIpc) is 2.81. The first-order valence-electron chi connectivity index (χ1n) is 4.60. The maximum Gasteiger partial charge on any atom is 0.277 e. The number of carbonyl (C=O) groups is 1. The van der Waals surface area contributed by atoms with E-state index in [0.717, 1.165) is 0 Å². The summed E-state index contributed by atoms with van der Waals surface area (Å²) in [5, 5.41) is 1.68. The molecule has 5 heteroatoms. The summed E-state index contributed by atoms with van der Waals surface area (Å²) in [5.74, 6) is -0.522. The molecule has 0 N–H and O–H groups in total. The van der Waals surface area contributed by atoms with E-state index in [0.29, 0.717) is 11.4 Å². The fourth-order valence-electron chi connectivity index (χ4n) is 1.27. The van der Waals surface area contributed by atoms with Crippen molar-refractivity contribution in [3.63, 3.8) is 0 Å². The number of rotatable bonds is 2. The van der Waals surface area contributed by atoms with Crippen molar-refractivity contribution in [3.8, 4) is 0 Å². The molecule has 82 valence electrons. The van der Waals surface area contributed by atoms with Gasteiger partial charge in [-0.2, -0.15) is 0 Å². The summed E-state index contributed by atoms with van der Waals surface area (Å²) in [5.41, 5.74) is 2.64. The third-order valence-electron chi connectivity index (χ3n) is 2.17. The summed E-state index contributed by atoms with van der Waals surface area (Å²) < 4.78 is 12.7. The normalized spacial score (nSPS) is 10.1. The first-order chi connectivity index (χ1) is 7.68. The maximum atomic E-state index is 12.7. The third-order valence-corrected chi connectivity index (χ3v) is 2.76. The van der Waals surface area contributed by atoms with Crippen LogP contribution in [-0.4, -0.2) is 17.9 Å². The summed E-state index contributed by atoms with van der Waals surface area (Å²) in [6.07, 6.45) is 0. The van der Waals surface area contributed by atoms with Crippen LogP contribution in [0.4, 0.5) is 10.1 Å². The van der Waals surface area contributed by atoms with Crippen LogP contribution in [0.15, 0.2) is 35.2 Å². The Morgan fingerprint density at radius 2 is 2.06 bits per heavy atom. The van der Waals surface area contributed by atoms with Gasteiger partial charge in [0, 0.05) is 18.1 Å². The van der Waals surface area contributed by atoms with Crippen molar-refractivity contribution in [2.45, 2.75) is 0 Å². The first kappa shape index (κ1) is 10.8. The molecule has 1 aromatic heterocycles. The number of hydrogen-bond acceptors (Lipinski definition) is 3. The largest absolute Gasteiger partial charge is 0.310 e. The lowest BCUT2D eigenvalue weighted by Gasteiger charge is -2.15. The quantitative estimate of drug-likeness (QED) is 0.802. The van der Waals surface area contributed by atoms with Gasteiger partial charge < -0.3 is 4.90 Å². The molecule has 0 unspecified atom stereocenters. The van der Waals surface area contributed by atoms with Crippen molar-refractivity contribution in [2.75, 3.05) is 11.9 Å². The number of carbonyl (C=O) groups excluding carboxylic acids is 1. The number of hydrogen-bond donors (Lipinski definition) is 0. The Kier molecular flexibility index (Phi) is 2.96. The van der Waals surface area contributed by atoms with Crippen molar-refractivity contribution >= 4 is 22.9 Å². The first-order valence-corrected chi connectivity index (χ1v) is 5.54. The van der Waals surface area contributed by atoms with Crippen LogP contribution in [0.3, 0.4) is 0 Å². The van der Waals surface area contributed by atoms with Crippen LogP contribution < -0.4 is 4.90 Å². The van der Waals surface area contributed by atoms with Crippen molar-refractivity contribution < 1.29 is 9.18 Å². The average molecular weight is 236 g/mol. The number of halogens is 1. The number of aromatic nitrogens is 1. The van der Waals surface area contributed by atoms with Gasteiger partial charge in [-0.3, -0.25) is 4.79 Å². The predicted molar refractivity (Wildman–Crippen MR) is 61.2 cm³/mol. The van der Waals surface area contributed by atoms with Gasteiger partial charge >= 0.3 is 0 Å². The van der Waals surface area contributed by atoms with Crippen LogP contribution in [0.2, 0.25) is 0 Å². The molecule has 0 spiro atoms. The van der Waals surface area contributed by atoms with Gasteiger partial charge in [0.25, 0.3) is 5.91 Å². The van der Waals surface area contributed by atoms with Crippen molar-refractivity contribution in [1.82, 2.24) is 4.98 Å². The topological polar surface area (TPSA) is 33.2 Å². The molecule has 3 nitrogen and oxygen atoms in total. The SMILES string of the molecule is CN(C(=O)c1cscn1)c1ccc(F)cc1. The highest BCUT2D eigenvalue weighted by atomic mass is 32.1. The van der Waals surface area contributed by atoms with E-state index >= 15 is 0 Å². The number of thiazole rings is 1. The van der Waals surface area contributed by atoms with Gasteiger partial charge in [-0.15, -0.1) is 11.3 Å². The monoisotopic (exact) mass is 236 g/mol. The second-order valence-corrected chi connectivity index (χ2v) is 3.93. The van der Waals surface area contributed by atoms with Gasteiger partial charge in [0.1, 0.15) is 11.5 Å². The predicted octanol–water partition coefficient (Wildman–Crippen LogP) is 2.56. The number of amides is 1. The van der Waals surface area contributed by atoms with Crippen LogP contribution in [0.5, 0.6) is 0 Å². The van der Waals surface area contributed by atoms with Crippen LogP contribution in [0, 0.1) is 5.82 Å². The Balaban J connectivity index is 2.22. The van der Waals surface area contributed by atoms with E-state index in [1.165, 1.54) is 28.4 Å². The minimum atomic E-state index is -0.321. The summed E-state index contributed by atoms with van der Waals surface area (Å²) in [6.45, 7) is 0. The lowest BCUT2D eigenvalue weighted by molar-refractivity contribution is 0.0989. The van der Waals surface area contributed by atoms with E-state index in [2.05, 4.69) is 4.98 Å². The molecule has 2 rings (SSSR count). The van der Waals surface area contributed by atoms with Crippen LogP contribution in [0.1, 0.15) is 10.5 Å². The molecule has 0 radical (unpaired) electrons. The second kappa shape index (κ2) is 4.40. The molecule has 1 amide bonds. The lowest BCUT2D eigenvalue weighted by Crippen LogP contribution is -2.26. The van der Waals surface area contributed by atoms with E-state index in [4.69, 9.17) is 0 Å². The van der Waals surface area contributed by atoms with E-state index < -0.39 is 0 Å². The molecule has 1 heterocycles. The number of benzene rings is 1. The molecule has 0 aliphatic heterocycles. The van der Waals surface area contributed by atoms with Gasteiger partial charge in [0.15, 0.2) is 0 Å². The summed E-state index contributed by atoms with van der Waals surface area (Å²) in [4.78, 5) is 17.2. The fourth-order valence-corrected chi connectivity index (χ4v) is 1.80. The van der Waals surface area contributed by atoms with Crippen molar-refractivity contribution in [1.29, 1.82) is 0 Å². The molecular weight excluding hydrogens is 227 g/mol. The van der Waals surface area contributed by atoms with Crippen molar-refractivity contribution in [2.24, 2.45) is 0 Å². The van der Waals surface area contributed by atoms with Crippen molar-refractivity contribution in [3.05, 3.63) is 46.7 Å². The summed E-state index contributed by atoms with van der Waals surface area (Å²) >= 11 is 1.36. The number of anilines is 1. The van der Waals surface area contributed by atoms with Gasteiger partial charge in [0.05, 0.1) is 5.51 Å². The standard InChI is InChI=1S/C11H9FN2OS/c1-14(9-4-2-8(12)3-5-9)11(15)10-6-16-7-13-10/h2-7H,1H3. The van der Waals surface area contributed by atoms with Gasteiger partial charge in [0.2, 0.25) is 0 Å². The van der Waals surface area contributed by atoms with Crippen LogP contribution >= 0.6 is 11.3 Å². The van der Waals surface area contributed by atoms with E-state index in [1.54, 1.807) is 30.1 Å². The fraction of sp³-hybridized carbons (Fsp3) is 0.0909. The smallest absolute Gasteiger partial charge is 0.277 e. The molecule has 0 bridgehead atoms. The van der Waals surface area contributed by atoms with E-state index in [-0.39, 0.29) is 11.7 Å². The molecule has 0 aliphatic carbocycles. The molecule has 0 saturated heterocycles. The van der Waals surface area contributed by atoms with E-state index in [1.807, 2.05) is 0 Å². The lowest BCUT2D eigenvalue weighted by atomic mass is 10.3. The van der Waals surface area contributed by atoms with Crippen LogP contribution in [0.25, 0.3) is 0 Å². The van der Waals surface area contributed by atoms with Gasteiger partial charge in [-0.05, 0) is 24.3 Å². The number of nitrogens with zero attached hydrogens (tertiary/aromatic N) is 2. The Labute approximate surface area is 96.2 Å². The maximum absolute atomic E-state index is 12.7. The molecule has 16 heavy (non-hydrogen) atoms. The summed E-state index contributed by atoms with van der Waals surface area (Å²) in [6, 6.07) is 5.75. The zero-order valence-electron chi connectivity index (χ0n) is 8.55. The molecule has 0 atom stereocenters. The third kappa shape index (κ3) is 2.09. The van der Waals surface area contributed by atoms with Gasteiger partial charge in [-0.25, -0.2) is 9.37 Å². The zero-order valence-corrected chi connectivity index (χ0v) is 9.37. The Hall–Kier alpha value is -1.75. The highest BCUT2D eigenvalue weighted by Crippen LogP contribution is 2.15. The minimum absolute atomic E-state index is 0.201. The summed E-state index contributed by atoms with van der Waals surface area (Å²) in [7, 11) is 1.63. The highest BCUT2D eigenvalue weighted by molar-refractivity contribution is 7.07. The Morgan fingerprint density at radius 3 is 2.62 bits per heavy atom. The molecule has 0 aliphatic rings. The zero-order chi connectivity index (χ0) is 11.5. The van der Waals surface area contributed by atoms with Crippen LogP contribution in [-0.2, 0) is 0 Å². The molecule has 0 saturated carbocycles. The minimum Gasteiger partial charge on any atom is -0.310 e. The van der Waals surface area contributed by atoms with Gasteiger partial charge in [-0.1, -0.05) is 0 Å². The highest BCUT2D eigenvalue weighted by Gasteiger charge is 2.14. The molecule has 0 fully saturated rings. The Morgan fingerprint density at radius 1 is 1.38 bits per heavy atom. The second-order valence-electron chi connectivity index (χ2n) is 3.21.